The number of methoxy groups -OCH3 is 3. The number of amides is 1. The van der Waals surface area contributed by atoms with Crippen molar-refractivity contribution in [2.24, 2.45) is 0 Å². The van der Waals surface area contributed by atoms with E-state index in [2.05, 4.69) is 17.1 Å². The van der Waals surface area contributed by atoms with Gasteiger partial charge in [-0.15, -0.1) is 0 Å². The molecule has 0 unspecified atom stereocenters. The molecule has 1 aromatic carbocycles. The summed E-state index contributed by atoms with van der Waals surface area (Å²) in [5, 5.41) is 2.99. The molecule has 0 saturated carbocycles. The van der Waals surface area contributed by atoms with E-state index in [9.17, 15) is 9.59 Å². The van der Waals surface area contributed by atoms with Gasteiger partial charge in [-0.05, 0) is 44.5 Å². The molecule has 7 heteroatoms. The summed E-state index contributed by atoms with van der Waals surface area (Å²) in [6.07, 6.45) is 8.09. The normalized spacial score (nSPS) is 14.8. The molecule has 1 atom stereocenters. The molecule has 1 saturated heterocycles. The summed E-state index contributed by atoms with van der Waals surface area (Å²) in [5.41, 5.74) is 0.432. The van der Waals surface area contributed by atoms with Crippen molar-refractivity contribution in [1.82, 2.24) is 10.2 Å². The first-order chi connectivity index (χ1) is 15.0. The number of nitrogens with one attached hydrogen (secondary N) is 1. The fraction of sp³-hybridized carbons (Fsp3) is 0.667. The van der Waals surface area contributed by atoms with E-state index in [0.29, 0.717) is 35.8 Å². The van der Waals surface area contributed by atoms with Gasteiger partial charge in [0.1, 0.15) is 6.04 Å². The van der Waals surface area contributed by atoms with Gasteiger partial charge in [0.25, 0.3) is 0 Å². The number of carbonyl (C=O) groups excluding carboxylic acids is 2. The highest BCUT2D eigenvalue weighted by molar-refractivity contribution is 6.03. The lowest BCUT2D eigenvalue weighted by Crippen LogP contribution is -2.48. The smallest absolute Gasteiger partial charge is 0.220 e. The molecule has 2 rings (SSSR count). The van der Waals surface area contributed by atoms with Crippen molar-refractivity contribution >= 4 is 11.7 Å². The highest BCUT2D eigenvalue weighted by atomic mass is 16.5. The quantitative estimate of drug-likeness (QED) is 0.354. The number of hydrogen-bond donors (Lipinski definition) is 1. The second kappa shape index (κ2) is 13.2. The predicted molar refractivity (Wildman–Crippen MR) is 121 cm³/mol. The Bertz CT molecular complexity index is 691. The van der Waals surface area contributed by atoms with Gasteiger partial charge in [-0.2, -0.15) is 0 Å². The van der Waals surface area contributed by atoms with E-state index in [1.54, 1.807) is 12.1 Å². The molecular formula is C24H38N2O5. The largest absolute Gasteiger partial charge is 0.493 e. The molecular weight excluding hydrogens is 396 g/mol. The van der Waals surface area contributed by atoms with Crippen molar-refractivity contribution < 1.29 is 23.8 Å². The van der Waals surface area contributed by atoms with Crippen molar-refractivity contribution in [2.45, 2.75) is 64.3 Å². The Balaban J connectivity index is 2.15. The fourth-order valence-corrected chi connectivity index (χ4v) is 4.00. The number of nitrogens with zero attached hydrogens (tertiary/aromatic N) is 1. The Morgan fingerprint density at radius 1 is 0.968 bits per heavy atom. The summed E-state index contributed by atoms with van der Waals surface area (Å²) in [6, 6.07) is 2.69. The van der Waals surface area contributed by atoms with Crippen LogP contribution in [0.3, 0.4) is 0 Å². The average Bonchev–Trinajstić information content (AvgIpc) is 3.30. The number of ketones is 1. The predicted octanol–water partition coefficient (Wildman–Crippen LogP) is 3.84. The Kier molecular flexibility index (Phi) is 10.6. The summed E-state index contributed by atoms with van der Waals surface area (Å²) < 4.78 is 16.1. The van der Waals surface area contributed by atoms with Gasteiger partial charge in [0, 0.05) is 18.5 Å². The van der Waals surface area contributed by atoms with Crippen molar-refractivity contribution in [2.75, 3.05) is 41.0 Å². The van der Waals surface area contributed by atoms with Crippen LogP contribution in [0.5, 0.6) is 17.2 Å². The molecule has 7 nitrogen and oxygen atoms in total. The maximum Gasteiger partial charge on any atom is 0.220 e. The van der Waals surface area contributed by atoms with Crippen LogP contribution in [0.4, 0.5) is 0 Å². The maximum atomic E-state index is 13.4. The second-order valence-corrected chi connectivity index (χ2v) is 8.07. The second-order valence-electron chi connectivity index (χ2n) is 8.07. The summed E-state index contributed by atoms with van der Waals surface area (Å²) in [6.45, 7) is 4.58. The molecule has 0 radical (unpaired) electrons. The first kappa shape index (κ1) is 25.0. The Labute approximate surface area is 186 Å². The average molecular weight is 435 g/mol. The Morgan fingerprint density at radius 3 is 2.13 bits per heavy atom. The molecule has 0 aromatic heterocycles. The van der Waals surface area contributed by atoms with Gasteiger partial charge in [0.15, 0.2) is 17.3 Å². The molecule has 1 aliphatic heterocycles. The lowest BCUT2D eigenvalue weighted by atomic mass is 10.0. The zero-order valence-corrected chi connectivity index (χ0v) is 19.5. The van der Waals surface area contributed by atoms with Crippen LogP contribution in [0.2, 0.25) is 0 Å². The van der Waals surface area contributed by atoms with E-state index in [1.807, 2.05) is 0 Å². The maximum absolute atomic E-state index is 13.4. The van der Waals surface area contributed by atoms with E-state index in [-0.39, 0.29) is 11.7 Å². The fourth-order valence-electron chi connectivity index (χ4n) is 4.00. The number of ether oxygens (including phenoxy) is 3. The third-order valence-corrected chi connectivity index (χ3v) is 5.75. The standard InChI is InChI=1S/C24H38N2O5/c1-5-6-7-8-9-12-22(27)25-19(17-26-13-10-11-14-26)23(28)18-15-20(29-2)24(31-4)21(16-18)30-3/h15-16,19H,5-14,17H2,1-4H3,(H,25,27)/t19-/m1/s1. The SMILES string of the molecule is CCCCCCCC(=O)N[C@H](CN1CCCC1)C(=O)c1cc(OC)c(OC)c(OC)c1. The minimum atomic E-state index is -0.607. The van der Waals surface area contributed by atoms with Crippen LogP contribution in [0.1, 0.15) is 68.6 Å². The highest BCUT2D eigenvalue weighted by Crippen LogP contribution is 2.38. The van der Waals surface area contributed by atoms with Gasteiger partial charge < -0.3 is 24.4 Å². The van der Waals surface area contributed by atoms with Crippen LogP contribution in [0.15, 0.2) is 12.1 Å². The first-order valence-electron chi connectivity index (χ1n) is 11.4. The number of Topliss-reactive ketones (excluding diaryl/α,β-unsaturated/α-hetero) is 1. The van der Waals surface area contributed by atoms with Crippen molar-refractivity contribution in [3.05, 3.63) is 17.7 Å². The Morgan fingerprint density at radius 2 is 1.58 bits per heavy atom. The minimum absolute atomic E-state index is 0.0681. The topological polar surface area (TPSA) is 77.1 Å². The van der Waals surface area contributed by atoms with E-state index < -0.39 is 6.04 Å². The molecule has 174 valence electrons. The number of unbranched alkanes of at least 4 members (excludes halogenated alkanes) is 4. The van der Waals surface area contributed by atoms with Gasteiger partial charge in [-0.25, -0.2) is 0 Å². The molecule has 0 aliphatic carbocycles. The summed E-state index contributed by atoms with van der Waals surface area (Å²) in [4.78, 5) is 28.3. The zero-order chi connectivity index (χ0) is 22.6. The first-order valence-corrected chi connectivity index (χ1v) is 11.4. The van der Waals surface area contributed by atoms with Crippen molar-refractivity contribution in [1.29, 1.82) is 0 Å². The van der Waals surface area contributed by atoms with Gasteiger partial charge in [0.05, 0.1) is 21.3 Å². The lowest BCUT2D eigenvalue weighted by molar-refractivity contribution is -0.121. The molecule has 0 spiro atoms. The molecule has 1 aliphatic rings. The lowest BCUT2D eigenvalue weighted by Gasteiger charge is -2.24. The third-order valence-electron chi connectivity index (χ3n) is 5.75. The number of rotatable bonds is 14. The summed E-state index contributed by atoms with van der Waals surface area (Å²) >= 11 is 0. The summed E-state index contributed by atoms with van der Waals surface area (Å²) in [5.74, 6) is 1.07. The van der Waals surface area contributed by atoms with Crippen LogP contribution in [-0.4, -0.2) is 63.6 Å². The monoisotopic (exact) mass is 434 g/mol. The van der Waals surface area contributed by atoms with Gasteiger partial charge in [-0.1, -0.05) is 32.6 Å². The molecule has 1 fully saturated rings. The molecule has 1 N–H and O–H groups in total. The van der Waals surface area contributed by atoms with E-state index >= 15 is 0 Å². The minimum Gasteiger partial charge on any atom is -0.493 e. The van der Waals surface area contributed by atoms with Gasteiger partial charge in [-0.3, -0.25) is 9.59 Å². The van der Waals surface area contributed by atoms with Crippen LogP contribution >= 0.6 is 0 Å². The van der Waals surface area contributed by atoms with Crippen LogP contribution in [0.25, 0.3) is 0 Å². The zero-order valence-electron chi connectivity index (χ0n) is 19.5. The van der Waals surface area contributed by atoms with E-state index in [1.165, 1.54) is 34.2 Å². The number of likely N-dealkylation sites (tertiary alicyclic amines) is 1. The van der Waals surface area contributed by atoms with Crippen LogP contribution in [-0.2, 0) is 4.79 Å². The van der Waals surface area contributed by atoms with Crippen LogP contribution < -0.4 is 19.5 Å². The van der Waals surface area contributed by atoms with Crippen molar-refractivity contribution in [3.63, 3.8) is 0 Å². The number of hydrogen-bond acceptors (Lipinski definition) is 6. The van der Waals surface area contributed by atoms with Crippen molar-refractivity contribution in [3.8, 4) is 17.2 Å². The third kappa shape index (κ3) is 7.42. The van der Waals surface area contributed by atoms with Gasteiger partial charge in [0.2, 0.25) is 11.7 Å². The molecule has 0 bridgehead atoms. The molecule has 1 aromatic rings. The number of benzene rings is 1. The summed E-state index contributed by atoms with van der Waals surface area (Å²) in [7, 11) is 4.57. The van der Waals surface area contributed by atoms with E-state index in [4.69, 9.17) is 14.2 Å². The number of carbonyl (C=O) groups is 2. The highest BCUT2D eigenvalue weighted by Gasteiger charge is 2.28. The van der Waals surface area contributed by atoms with Crippen LogP contribution in [0, 0.1) is 0 Å². The molecule has 1 heterocycles. The molecule has 1 amide bonds. The Hall–Kier alpha value is -2.28. The van der Waals surface area contributed by atoms with Gasteiger partial charge >= 0.3 is 0 Å². The molecule has 31 heavy (non-hydrogen) atoms. The van der Waals surface area contributed by atoms with E-state index in [0.717, 1.165) is 45.2 Å².